The lowest BCUT2D eigenvalue weighted by Crippen LogP contribution is -2.26. The summed E-state index contributed by atoms with van der Waals surface area (Å²) in [4.78, 5) is 3.86. The number of aromatic nitrogens is 1. The molecular weight excluding hydrogens is 293 g/mol. The molecule has 21 heavy (non-hydrogen) atoms. The zero-order valence-corrected chi connectivity index (χ0v) is 12.6. The maximum Gasteiger partial charge on any atom is 0.243 e. The van der Waals surface area contributed by atoms with E-state index in [4.69, 9.17) is 5.73 Å². The summed E-state index contributed by atoms with van der Waals surface area (Å²) < 4.78 is 39.7. The molecule has 7 heteroatoms. The van der Waals surface area contributed by atoms with Gasteiger partial charge in [-0.1, -0.05) is 0 Å². The van der Waals surface area contributed by atoms with Crippen molar-refractivity contribution in [2.75, 3.05) is 12.8 Å². The summed E-state index contributed by atoms with van der Waals surface area (Å²) in [7, 11) is -2.27. The van der Waals surface area contributed by atoms with Crippen molar-refractivity contribution in [2.24, 2.45) is 0 Å². The molecule has 0 amide bonds. The van der Waals surface area contributed by atoms with Gasteiger partial charge < -0.3 is 5.73 Å². The molecule has 1 heterocycles. The molecule has 5 nitrogen and oxygen atoms in total. The molecule has 2 N–H and O–H groups in total. The molecule has 0 fully saturated rings. The van der Waals surface area contributed by atoms with E-state index in [-0.39, 0.29) is 22.7 Å². The van der Waals surface area contributed by atoms with Crippen LogP contribution < -0.4 is 5.73 Å². The number of nitrogens with zero attached hydrogens (tertiary/aromatic N) is 2. The van der Waals surface area contributed by atoms with Gasteiger partial charge in [-0.05, 0) is 42.3 Å². The standard InChI is InChI=1S/C14H16FN3O2S/c1-10-7-12(8-13(16)14(10)15)21(19,20)18(2)9-11-3-5-17-6-4-11/h3-8H,9,16H2,1-2H3. The van der Waals surface area contributed by atoms with Gasteiger partial charge in [-0.15, -0.1) is 0 Å². The van der Waals surface area contributed by atoms with E-state index in [0.29, 0.717) is 0 Å². The van der Waals surface area contributed by atoms with Crippen LogP contribution in [0.3, 0.4) is 0 Å². The van der Waals surface area contributed by atoms with Gasteiger partial charge >= 0.3 is 0 Å². The quantitative estimate of drug-likeness (QED) is 0.876. The Balaban J connectivity index is 2.33. The lowest BCUT2D eigenvalue weighted by molar-refractivity contribution is 0.466. The number of nitrogen functional groups attached to an aromatic ring is 1. The topological polar surface area (TPSA) is 76.3 Å². The second-order valence-corrected chi connectivity index (χ2v) is 6.80. The van der Waals surface area contributed by atoms with Gasteiger partial charge in [-0.2, -0.15) is 4.31 Å². The minimum absolute atomic E-state index is 0.0181. The van der Waals surface area contributed by atoms with Gasteiger partial charge in [0.05, 0.1) is 10.6 Å². The molecular formula is C14H16FN3O2S. The van der Waals surface area contributed by atoms with Crippen LogP contribution in [-0.4, -0.2) is 24.8 Å². The number of rotatable bonds is 4. The zero-order chi connectivity index (χ0) is 15.6. The maximum absolute atomic E-state index is 13.5. The first kappa shape index (κ1) is 15.4. The molecule has 112 valence electrons. The van der Waals surface area contributed by atoms with Crippen molar-refractivity contribution in [3.05, 3.63) is 53.6 Å². The van der Waals surface area contributed by atoms with E-state index in [0.717, 1.165) is 11.6 Å². The van der Waals surface area contributed by atoms with Crippen LogP contribution in [0.4, 0.5) is 10.1 Å². The molecule has 0 aliphatic rings. The molecule has 0 bridgehead atoms. The third-order valence-corrected chi connectivity index (χ3v) is 4.90. The Morgan fingerprint density at radius 3 is 2.48 bits per heavy atom. The smallest absolute Gasteiger partial charge is 0.243 e. The second-order valence-electron chi connectivity index (χ2n) is 4.76. The average Bonchev–Trinajstić information content (AvgIpc) is 2.45. The lowest BCUT2D eigenvalue weighted by atomic mass is 10.2. The van der Waals surface area contributed by atoms with Gasteiger partial charge in [0, 0.05) is 26.0 Å². The Kier molecular flexibility index (Phi) is 4.24. The predicted molar refractivity (Wildman–Crippen MR) is 78.4 cm³/mol. The lowest BCUT2D eigenvalue weighted by Gasteiger charge is -2.18. The van der Waals surface area contributed by atoms with E-state index in [1.165, 1.54) is 24.3 Å². The van der Waals surface area contributed by atoms with E-state index >= 15 is 0 Å². The van der Waals surface area contributed by atoms with Crippen LogP contribution in [0.15, 0.2) is 41.6 Å². The average molecular weight is 309 g/mol. The number of nitrogens with two attached hydrogens (primary N) is 1. The molecule has 0 unspecified atom stereocenters. The van der Waals surface area contributed by atoms with Gasteiger partial charge in [0.2, 0.25) is 10.0 Å². The van der Waals surface area contributed by atoms with Crippen molar-refractivity contribution in [1.29, 1.82) is 0 Å². The number of aryl methyl sites for hydroxylation is 1. The van der Waals surface area contributed by atoms with Gasteiger partial charge in [-0.3, -0.25) is 4.98 Å². The number of benzene rings is 1. The number of sulfonamides is 1. The first-order valence-electron chi connectivity index (χ1n) is 6.23. The number of hydrogen-bond donors (Lipinski definition) is 1. The molecule has 0 aliphatic heterocycles. The molecule has 2 rings (SSSR count). The minimum atomic E-state index is -3.73. The highest BCUT2D eigenvalue weighted by molar-refractivity contribution is 7.89. The highest BCUT2D eigenvalue weighted by atomic mass is 32.2. The van der Waals surface area contributed by atoms with Crippen LogP contribution in [0.1, 0.15) is 11.1 Å². The van der Waals surface area contributed by atoms with E-state index in [1.807, 2.05) is 0 Å². The van der Waals surface area contributed by atoms with E-state index in [9.17, 15) is 12.8 Å². The van der Waals surface area contributed by atoms with Crippen molar-refractivity contribution in [3.63, 3.8) is 0 Å². The van der Waals surface area contributed by atoms with E-state index in [1.54, 1.807) is 24.5 Å². The predicted octanol–water partition coefficient (Wildman–Crippen LogP) is 1.93. The molecule has 0 aliphatic carbocycles. The fourth-order valence-corrected chi connectivity index (χ4v) is 3.20. The molecule has 0 radical (unpaired) electrons. The third kappa shape index (κ3) is 3.20. The van der Waals surface area contributed by atoms with E-state index in [2.05, 4.69) is 4.98 Å². The van der Waals surface area contributed by atoms with Crippen molar-refractivity contribution in [1.82, 2.24) is 9.29 Å². The molecule has 1 aromatic heterocycles. The van der Waals surface area contributed by atoms with Crippen molar-refractivity contribution in [2.45, 2.75) is 18.4 Å². The van der Waals surface area contributed by atoms with Crippen molar-refractivity contribution >= 4 is 15.7 Å². The number of hydrogen-bond acceptors (Lipinski definition) is 4. The molecule has 2 aromatic rings. The third-order valence-electron chi connectivity index (χ3n) is 3.12. The van der Waals surface area contributed by atoms with Crippen LogP contribution >= 0.6 is 0 Å². The normalized spacial score (nSPS) is 11.8. The molecule has 0 spiro atoms. The first-order chi connectivity index (χ1) is 9.82. The summed E-state index contributed by atoms with van der Waals surface area (Å²) >= 11 is 0. The van der Waals surface area contributed by atoms with Gasteiger partial charge in [0.15, 0.2) is 0 Å². The summed E-state index contributed by atoms with van der Waals surface area (Å²) in [6, 6.07) is 5.89. The van der Waals surface area contributed by atoms with Crippen LogP contribution in [0, 0.1) is 12.7 Å². The summed E-state index contributed by atoms with van der Waals surface area (Å²) in [6.07, 6.45) is 3.19. The summed E-state index contributed by atoms with van der Waals surface area (Å²) in [5.41, 5.74) is 6.34. The Hall–Kier alpha value is -1.99. The Bertz CT molecular complexity index is 725. The largest absolute Gasteiger partial charge is 0.396 e. The van der Waals surface area contributed by atoms with E-state index < -0.39 is 15.8 Å². The highest BCUT2D eigenvalue weighted by Gasteiger charge is 2.22. The number of pyridine rings is 1. The minimum Gasteiger partial charge on any atom is -0.396 e. The Morgan fingerprint density at radius 2 is 1.90 bits per heavy atom. The zero-order valence-electron chi connectivity index (χ0n) is 11.7. The first-order valence-corrected chi connectivity index (χ1v) is 7.67. The van der Waals surface area contributed by atoms with Crippen LogP contribution in [0.5, 0.6) is 0 Å². The monoisotopic (exact) mass is 309 g/mol. The second kappa shape index (κ2) is 5.79. The Labute approximate surface area is 123 Å². The van der Waals surface area contributed by atoms with Gasteiger partial charge in [-0.25, -0.2) is 12.8 Å². The molecule has 1 aromatic carbocycles. The fraction of sp³-hybridized carbons (Fsp3) is 0.214. The van der Waals surface area contributed by atoms with Gasteiger partial charge in [0.1, 0.15) is 5.82 Å². The summed E-state index contributed by atoms with van der Waals surface area (Å²) in [5, 5.41) is 0. The SMILES string of the molecule is Cc1cc(S(=O)(=O)N(C)Cc2ccncc2)cc(N)c1F. The van der Waals surface area contributed by atoms with Crippen molar-refractivity contribution < 1.29 is 12.8 Å². The number of halogens is 1. The number of anilines is 1. The summed E-state index contributed by atoms with van der Waals surface area (Å²) in [6.45, 7) is 1.68. The van der Waals surface area contributed by atoms with Crippen LogP contribution in [-0.2, 0) is 16.6 Å². The molecule has 0 saturated carbocycles. The van der Waals surface area contributed by atoms with Crippen LogP contribution in [0.25, 0.3) is 0 Å². The Morgan fingerprint density at radius 1 is 1.29 bits per heavy atom. The van der Waals surface area contributed by atoms with Crippen molar-refractivity contribution in [3.8, 4) is 0 Å². The summed E-state index contributed by atoms with van der Waals surface area (Å²) in [5.74, 6) is -0.592. The highest BCUT2D eigenvalue weighted by Crippen LogP contribution is 2.23. The fourth-order valence-electron chi connectivity index (χ4n) is 1.92. The van der Waals surface area contributed by atoms with Gasteiger partial charge in [0.25, 0.3) is 0 Å². The van der Waals surface area contributed by atoms with Crippen LogP contribution in [0.2, 0.25) is 0 Å². The molecule has 0 atom stereocenters. The molecule has 0 saturated heterocycles. The maximum atomic E-state index is 13.5.